The predicted molar refractivity (Wildman–Crippen MR) is 67.6 cm³/mol. The third-order valence-corrected chi connectivity index (χ3v) is 4.09. The lowest BCUT2D eigenvalue weighted by Crippen LogP contribution is -2.30. The van der Waals surface area contributed by atoms with E-state index in [0.29, 0.717) is 0 Å². The highest BCUT2D eigenvalue weighted by Crippen LogP contribution is 2.28. The molecular formula is C12H15FN2O3S. The Hall–Kier alpha value is -1.47. The first kappa shape index (κ1) is 14.0. The third-order valence-electron chi connectivity index (χ3n) is 3.20. The van der Waals surface area contributed by atoms with Gasteiger partial charge in [-0.25, -0.2) is 17.9 Å². The molecule has 1 aliphatic rings. The standard InChI is InChI=1S/C12H15FN2O3S/c1-7-5-9(19(14,17)18)6-10(11(7)13)12(16)15(2)8-3-4-8/h5-6,8H,3-4H2,1-2H3,(H2,14,17,18). The van der Waals surface area contributed by atoms with E-state index in [2.05, 4.69) is 0 Å². The molecule has 0 unspecified atom stereocenters. The number of primary sulfonamides is 1. The molecule has 0 aliphatic heterocycles. The van der Waals surface area contributed by atoms with Gasteiger partial charge in [-0.15, -0.1) is 0 Å². The van der Waals surface area contributed by atoms with Crippen LogP contribution in [0.4, 0.5) is 4.39 Å². The molecule has 1 aromatic rings. The average molecular weight is 286 g/mol. The zero-order chi connectivity index (χ0) is 14.4. The van der Waals surface area contributed by atoms with Crippen LogP contribution in [0.1, 0.15) is 28.8 Å². The molecule has 0 spiro atoms. The molecular weight excluding hydrogens is 271 g/mol. The zero-order valence-electron chi connectivity index (χ0n) is 10.7. The summed E-state index contributed by atoms with van der Waals surface area (Å²) < 4.78 is 36.6. The SMILES string of the molecule is Cc1cc(S(N)(=O)=O)cc(C(=O)N(C)C2CC2)c1F. The monoisotopic (exact) mass is 286 g/mol. The van der Waals surface area contributed by atoms with Crippen molar-refractivity contribution in [1.82, 2.24) is 4.90 Å². The summed E-state index contributed by atoms with van der Waals surface area (Å²) in [7, 11) is -2.38. The Balaban J connectivity index is 2.49. The maximum atomic E-state index is 14.0. The van der Waals surface area contributed by atoms with E-state index >= 15 is 0 Å². The molecule has 0 radical (unpaired) electrons. The smallest absolute Gasteiger partial charge is 0.256 e. The number of carbonyl (C=O) groups is 1. The molecule has 104 valence electrons. The van der Waals surface area contributed by atoms with Crippen LogP contribution < -0.4 is 5.14 Å². The van der Waals surface area contributed by atoms with E-state index in [1.807, 2.05) is 0 Å². The Morgan fingerprint density at radius 3 is 2.47 bits per heavy atom. The number of halogens is 1. The lowest BCUT2D eigenvalue weighted by atomic mass is 10.1. The van der Waals surface area contributed by atoms with Crippen LogP contribution in [0.25, 0.3) is 0 Å². The van der Waals surface area contributed by atoms with Crippen LogP contribution in [0.3, 0.4) is 0 Å². The molecule has 0 heterocycles. The van der Waals surface area contributed by atoms with Gasteiger partial charge in [-0.3, -0.25) is 4.79 Å². The summed E-state index contributed by atoms with van der Waals surface area (Å²) in [4.78, 5) is 13.3. The molecule has 1 aliphatic carbocycles. The van der Waals surface area contributed by atoms with Gasteiger partial charge in [0.25, 0.3) is 5.91 Å². The number of hydrogen-bond donors (Lipinski definition) is 1. The van der Waals surface area contributed by atoms with Crippen molar-refractivity contribution >= 4 is 15.9 Å². The van der Waals surface area contributed by atoms with Gasteiger partial charge in [-0.1, -0.05) is 0 Å². The van der Waals surface area contributed by atoms with E-state index in [-0.39, 0.29) is 22.1 Å². The van der Waals surface area contributed by atoms with E-state index in [4.69, 9.17) is 5.14 Å². The summed E-state index contributed by atoms with van der Waals surface area (Å²) in [5.74, 6) is -1.22. The highest BCUT2D eigenvalue weighted by Gasteiger charge is 2.32. The Morgan fingerprint density at radius 1 is 1.42 bits per heavy atom. The van der Waals surface area contributed by atoms with Crippen LogP contribution in [0.15, 0.2) is 17.0 Å². The van der Waals surface area contributed by atoms with E-state index in [1.165, 1.54) is 11.8 Å². The number of carbonyl (C=O) groups excluding carboxylic acids is 1. The van der Waals surface area contributed by atoms with Gasteiger partial charge in [-0.05, 0) is 37.5 Å². The topological polar surface area (TPSA) is 80.5 Å². The number of nitrogens with zero attached hydrogens (tertiary/aromatic N) is 1. The van der Waals surface area contributed by atoms with Crippen molar-refractivity contribution in [2.24, 2.45) is 5.14 Å². The molecule has 0 atom stereocenters. The van der Waals surface area contributed by atoms with E-state index in [0.717, 1.165) is 25.0 Å². The zero-order valence-corrected chi connectivity index (χ0v) is 11.5. The lowest BCUT2D eigenvalue weighted by Gasteiger charge is -2.17. The molecule has 1 fully saturated rings. The largest absolute Gasteiger partial charge is 0.339 e. The van der Waals surface area contributed by atoms with Crippen molar-refractivity contribution in [1.29, 1.82) is 0 Å². The van der Waals surface area contributed by atoms with Gasteiger partial charge in [0, 0.05) is 13.1 Å². The van der Waals surface area contributed by atoms with Gasteiger partial charge in [-0.2, -0.15) is 0 Å². The van der Waals surface area contributed by atoms with E-state index in [9.17, 15) is 17.6 Å². The number of aryl methyl sites for hydroxylation is 1. The van der Waals surface area contributed by atoms with Crippen molar-refractivity contribution in [3.8, 4) is 0 Å². The molecule has 19 heavy (non-hydrogen) atoms. The maximum absolute atomic E-state index is 14.0. The van der Waals surface area contributed by atoms with Crippen LogP contribution >= 0.6 is 0 Å². The molecule has 1 saturated carbocycles. The number of sulfonamides is 1. The minimum Gasteiger partial charge on any atom is -0.339 e. The van der Waals surface area contributed by atoms with Gasteiger partial charge in [0.1, 0.15) is 5.82 Å². The first-order chi connectivity index (χ1) is 8.71. The van der Waals surface area contributed by atoms with Gasteiger partial charge in [0.2, 0.25) is 10.0 Å². The number of benzene rings is 1. The number of hydrogen-bond acceptors (Lipinski definition) is 3. The molecule has 2 rings (SSSR count). The van der Waals surface area contributed by atoms with Crippen molar-refractivity contribution in [3.63, 3.8) is 0 Å². The van der Waals surface area contributed by atoms with Crippen LogP contribution in [0, 0.1) is 12.7 Å². The van der Waals surface area contributed by atoms with Gasteiger partial charge in [0.15, 0.2) is 0 Å². The number of rotatable bonds is 3. The fourth-order valence-electron chi connectivity index (χ4n) is 1.87. The molecule has 1 aromatic carbocycles. The van der Waals surface area contributed by atoms with Crippen LogP contribution in [-0.4, -0.2) is 32.3 Å². The molecule has 0 aromatic heterocycles. The molecule has 0 bridgehead atoms. The second-order valence-electron chi connectivity index (χ2n) is 4.79. The summed E-state index contributed by atoms with van der Waals surface area (Å²) in [5.41, 5.74) is -0.169. The quantitative estimate of drug-likeness (QED) is 0.900. The first-order valence-electron chi connectivity index (χ1n) is 5.82. The fourth-order valence-corrected chi connectivity index (χ4v) is 2.50. The molecule has 1 amide bonds. The Morgan fingerprint density at radius 2 is 2.00 bits per heavy atom. The molecule has 2 N–H and O–H groups in total. The summed E-state index contributed by atoms with van der Waals surface area (Å²) in [6, 6.07) is 2.24. The maximum Gasteiger partial charge on any atom is 0.256 e. The van der Waals surface area contributed by atoms with Crippen molar-refractivity contribution < 1.29 is 17.6 Å². The van der Waals surface area contributed by atoms with Gasteiger partial charge >= 0.3 is 0 Å². The summed E-state index contributed by atoms with van der Waals surface area (Å²) in [5, 5.41) is 5.02. The number of nitrogens with two attached hydrogens (primary N) is 1. The normalized spacial score (nSPS) is 15.4. The minimum atomic E-state index is -3.97. The first-order valence-corrected chi connectivity index (χ1v) is 7.36. The number of amides is 1. The summed E-state index contributed by atoms with van der Waals surface area (Å²) in [6.45, 7) is 1.40. The van der Waals surface area contributed by atoms with Crippen LogP contribution in [0.2, 0.25) is 0 Å². The fraction of sp³-hybridized carbons (Fsp3) is 0.417. The highest BCUT2D eigenvalue weighted by molar-refractivity contribution is 7.89. The average Bonchev–Trinajstić information content (AvgIpc) is 3.13. The third kappa shape index (κ3) is 2.76. The summed E-state index contributed by atoms with van der Waals surface area (Å²) >= 11 is 0. The van der Waals surface area contributed by atoms with Crippen molar-refractivity contribution in [2.75, 3.05) is 7.05 Å². The Labute approximate surface area is 111 Å². The van der Waals surface area contributed by atoms with E-state index in [1.54, 1.807) is 7.05 Å². The second kappa shape index (κ2) is 4.57. The highest BCUT2D eigenvalue weighted by atomic mass is 32.2. The van der Waals surface area contributed by atoms with Crippen molar-refractivity contribution in [3.05, 3.63) is 29.1 Å². The van der Waals surface area contributed by atoms with E-state index < -0.39 is 21.7 Å². The van der Waals surface area contributed by atoms with Gasteiger partial charge in [0.05, 0.1) is 10.5 Å². The molecule has 0 saturated heterocycles. The van der Waals surface area contributed by atoms with Crippen molar-refractivity contribution in [2.45, 2.75) is 30.7 Å². The predicted octanol–water partition coefficient (Wildman–Crippen LogP) is 1.02. The Bertz CT molecular complexity index is 639. The lowest BCUT2D eigenvalue weighted by molar-refractivity contribution is 0.0780. The summed E-state index contributed by atoms with van der Waals surface area (Å²) in [6.07, 6.45) is 1.77. The van der Waals surface area contributed by atoms with Crippen LogP contribution in [0.5, 0.6) is 0 Å². The molecule has 5 nitrogen and oxygen atoms in total. The molecule has 7 heteroatoms. The minimum absolute atomic E-state index is 0.0825. The Kier molecular flexibility index (Phi) is 3.36. The van der Waals surface area contributed by atoms with Crippen LogP contribution in [-0.2, 0) is 10.0 Å². The van der Waals surface area contributed by atoms with Gasteiger partial charge < -0.3 is 4.90 Å². The second-order valence-corrected chi connectivity index (χ2v) is 6.36.